The van der Waals surface area contributed by atoms with Crippen LogP contribution in [0.4, 0.5) is 15.8 Å². The zero-order valence-electron chi connectivity index (χ0n) is 16.6. The van der Waals surface area contributed by atoms with Gasteiger partial charge in [0.05, 0.1) is 17.2 Å². The van der Waals surface area contributed by atoms with Gasteiger partial charge in [0.2, 0.25) is 5.91 Å². The molecule has 31 heavy (non-hydrogen) atoms. The van der Waals surface area contributed by atoms with Gasteiger partial charge in [-0.15, -0.1) is 0 Å². The Labute approximate surface area is 185 Å². The Kier molecular flexibility index (Phi) is 7.14. The second kappa shape index (κ2) is 9.80. The molecule has 0 saturated heterocycles. The van der Waals surface area contributed by atoms with Crippen molar-refractivity contribution in [2.45, 2.75) is 11.8 Å². The lowest BCUT2D eigenvalue weighted by atomic mass is 10.3. The molecular formula is C22H20ClFN2O4S. The molecule has 0 unspecified atom stereocenters. The van der Waals surface area contributed by atoms with Crippen LogP contribution < -0.4 is 14.4 Å². The number of rotatable bonds is 8. The predicted molar refractivity (Wildman–Crippen MR) is 119 cm³/mol. The predicted octanol–water partition coefficient (Wildman–Crippen LogP) is 4.71. The standard InChI is InChI=1S/C22H20ClFN2O4S/c1-2-30-21-9-4-3-8-20(21)26(31(28,29)19-12-10-16(23)11-13-19)15-22(27)25-18-7-5-6-17(24)14-18/h3-14H,2,15H2,1H3,(H,25,27). The summed E-state index contributed by atoms with van der Waals surface area (Å²) in [5.74, 6) is -0.860. The van der Waals surface area contributed by atoms with E-state index in [0.717, 1.165) is 10.4 Å². The summed E-state index contributed by atoms with van der Waals surface area (Å²) in [7, 11) is -4.15. The van der Waals surface area contributed by atoms with Gasteiger partial charge in [-0.05, 0) is 61.5 Å². The zero-order chi connectivity index (χ0) is 22.4. The van der Waals surface area contributed by atoms with Gasteiger partial charge in [-0.3, -0.25) is 9.10 Å². The number of anilines is 2. The van der Waals surface area contributed by atoms with Crippen molar-refractivity contribution in [3.8, 4) is 5.75 Å². The Balaban J connectivity index is 2.00. The number of nitrogens with one attached hydrogen (secondary N) is 1. The molecule has 0 aliphatic heterocycles. The molecule has 6 nitrogen and oxygen atoms in total. The molecule has 0 atom stereocenters. The van der Waals surface area contributed by atoms with Gasteiger partial charge in [0.15, 0.2) is 0 Å². The minimum absolute atomic E-state index is 0.0400. The highest BCUT2D eigenvalue weighted by atomic mass is 35.5. The number of halogens is 2. The van der Waals surface area contributed by atoms with E-state index >= 15 is 0 Å². The van der Waals surface area contributed by atoms with Crippen molar-refractivity contribution < 1.29 is 22.3 Å². The lowest BCUT2D eigenvalue weighted by Crippen LogP contribution is -2.38. The number of benzene rings is 3. The Hall–Kier alpha value is -3.10. The molecule has 162 valence electrons. The van der Waals surface area contributed by atoms with E-state index in [1.54, 1.807) is 31.2 Å². The third-order valence-electron chi connectivity index (χ3n) is 4.23. The van der Waals surface area contributed by atoms with Crippen molar-refractivity contribution in [3.05, 3.63) is 83.6 Å². The van der Waals surface area contributed by atoms with Crippen LogP contribution >= 0.6 is 11.6 Å². The number of sulfonamides is 1. The molecule has 3 aromatic rings. The van der Waals surface area contributed by atoms with E-state index in [0.29, 0.717) is 17.4 Å². The Morgan fingerprint density at radius 1 is 1.06 bits per heavy atom. The molecule has 3 aromatic carbocycles. The second-order valence-corrected chi connectivity index (χ2v) is 8.72. The van der Waals surface area contributed by atoms with Crippen molar-refractivity contribution in [2.24, 2.45) is 0 Å². The van der Waals surface area contributed by atoms with Crippen LogP contribution in [0.5, 0.6) is 5.75 Å². The Morgan fingerprint density at radius 2 is 1.77 bits per heavy atom. The quantitative estimate of drug-likeness (QED) is 0.526. The molecule has 0 aromatic heterocycles. The first-order valence-electron chi connectivity index (χ1n) is 9.37. The van der Waals surface area contributed by atoms with Gasteiger partial charge in [-0.25, -0.2) is 12.8 Å². The van der Waals surface area contributed by atoms with Gasteiger partial charge in [-0.1, -0.05) is 29.8 Å². The van der Waals surface area contributed by atoms with Crippen LogP contribution in [-0.4, -0.2) is 27.5 Å². The molecule has 9 heteroatoms. The number of nitrogens with zero attached hydrogens (tertiary/aromatic N) is 1. The summed E-state index contributed by atoms with van der Waals surface area (Å²) < 4.78 is 46.8. The van der Waals surface area contributed by atoms with E-state index in [2.05, 4.69) is 5.32 Å². The van der Waals surface area contributed by atoms with E-state index in [4.69, 9.17) is 16.3 Å². The first-order valence-corrected chi connectivity index (χ1v) is 11.2. The number of para-hydroxylation sites is 2. The molecular weight excluding hydrogens is 443 g/mol. The topological polar surface area (TPSA) is 75.7 Å². The molecule has 1 N–H and O–H groups in total. The van der Waals surface area contributed by atoms with Crippen molar-refractivity contribution in [2.75, 3.05) is 22.8 Å². The SMILES string of the molecule is CCOc1ccccc1N(CC(=O)Nc1cccc(F)c1)S(=O)(=O)c1ccc(Cl)cc1. The maximum absolute atomic E-state index is 13.4. The minimum atomic E-state index is -4.15. The lowest BCUT2D eigenvalue weighted by Gasteiger charge is -2.26. The molecule has 0 aliphatic rings. The highest BCUT2D eigenvalue weighted by molar-refractivity contribution is 7.92. The maximum atomic E-state index is 13.4. The summed E-state index contributed by atoms with van der Waals surface area (Å²) >= 11 is 5.89. The van der Waals surface area contributed by atoms with Crippen LogP contribution in [0.1, 0.15) is 6.92 Å². The summed E-state index contributed by atoms with van der Waals surface area (Å²) in [6, 6.07) is 17.5. The van der Waals surface area contributed by atoms with Gasteiger partial charge < -0.3 is 10.1 Å². The molecule has 0 spiro atoms. The van der Waals surface area contributed by atoms with Crippen molar-refractivity contribution in [3.63, 3.8) is 0 Å². The first-order chi connectivity index (χ1) is 14.8. The zero-order valence-corrected chi connectivity index (χ0v) is 18.2. The molecule has 0 saturated carbocycles. The fourth-order valence-corrected chi connectivity index (χ4v) is 4.43. The average molecular weight is 463 g/mol. The normalized spacial score (nSPS) is 11.1. The number of hydrogen-bond acceptors (Lipinski definition) is 4. The van der Waals surface area contributed by atoms with Crippen LogP contribution in [0.15, 0.2) is 77.7 Å². The minimum Gasteiger partial charge on any atom is -0.492 e. The molecule has 0 fully saturated rings. The van der Waals surface area contributed by atoms with Gasteiger partial charge >= 0.3 is 0 Å². The van der Waals surface area contributed by atoms with E-state index < -0.39 is 28.3 Å². The number of hydrogen-bond donors (Lipinski definition) is 1. The summed E-state index contributed by atoms with van der Waals surface area (Å²) in [5.41, 5.74) is 0.417. The van der Waals surface area contributed by atoms with E-state index in [9.17, 15) is 17.6 Å². The lowest BCUT2D eigenvalue weighted by molar-refractivity contribution is -0.114. The van der Waals surface area contributed by atoms with Crippen molar-refractivity contribution in [1.29, 1.82) is 0 Å². The van der Waals surface area contributed by atoms with Gasteiger partial charge in [0.25, 0.3) is 10.0 Å². The van der Waals surface area contributed by atoms with Crippen molar-refractivity contribution in [1.82, 2.24) is 0 Å². The van der Waals surface area contributed by atoms with Gasteiger partial charge in [0.1, 0.15) is 18.1 Å². The molecule has 0 bridgehead atoms. The highest BCUT2D eigenvalue weighted by Gasteiger charge is 2.29. The smallest absolute Gasteiger partial charge is 0.264 e. The Morgan fingerprint density at radius 3 is 2.45 bits per heavy atom. The van der Waals surface area contributed by atoms with Gasteiger partial charge in [0, 0.05) is 10.7 Å². The second-order valence-electron chi connectivity index (χ2n) is 6.42. The average Bonchev–Trinajstić information content (AvgIpc) is 2.73. The summed E-state index contributed by atoms with van der Waals surface area (Å²) in [6.07, 6.45) is 0. The monoisotopic (exact) mass is 462 g/mol. The fourth-order valence-electron chi connectivity index (χ4n) is 2.87. The summed E-state index contributed by atoms with van der Waals surface area (Å²) in [6.45, 7) is 1.53. The molecule has 0 aliphatic carbocycles. The molecule has 0 radical (unpaired) electrons. The largest absolute Gasteiger partial charge is 0.492 e. The number of ether oxygens (including phenoxy) is 1. The molecule has 1 amide bonds. The Bertz CT molecular complexity index is 1170. The first kappa shape index (κ1) is 22.6. The molecule has 0 heterocycles. The number of carbonyl (C=O) groups excluding carboxylic acids is 1. The fraction of sp³-hybridized carbons (Fsp3) is 0.136. The van der Waals surface area contributed by atoms with Crippen LogP contribution in [0, 0.1) is 5.82 Å². The van der Waals surface area contributed by atoms with E-state index in [-0.39, 0.29) is 16.3 Å². The van der Waals surface area contributed by atoms with Crippen LogP contribution in [0.3, 0.4) is 0 Å². The number of amides is 1. The van der Waals surface area contributed by atoms with Crippen molar-refractivity contribution >= 4 is 38.9 Å². The van der Waals surface area contributed by atoms with Crippen LogP contribution in [0.25, 0.3) is 0 Å². The van der Waals surface area contributed by atoms with E-state index in [1.165, 1.54) is 42.5 Å². The van der Waals surface area contributed by atoms with Gasteiger partial charge in [-0.2, -0.15) is 0 Å². The highest BCUT2D eigenvalue weighted by Crippen LogP contribution is 2.32. The molecule has 3 rings (SSSR count). The van der Waals surface area contributed by atoms with Crippen LogP contribution in [0.2, 0.25) is 5.02 Å². The maximum Gasteiger partial charge on any atom is 0.264 e. The third-order valence-corrected chi connectivity index (χ3v) is 6.26. The van der Waals surface area contributed by atoms with E-state index in [1.807, 2.05) is 0 Å². The third kappa shape index (κ3) is 5.53. The summed E-state index contributed by atoms with van der Waals surface area (Å²) in [4.78, 5) is 12.7. The summed E-state index contributed by atoms with van der Waals surface area (Å²) in [5, 5.41) is 2.90. The van der Waals surface area contributed by atoms with Crippen LogP contribution in [-0.2, 0) is 14.8 Å². The number of carbonyl (C=O) groups is 1.